The number of amides is 1. The Bertz CT molecular complexity index is 654. The van der Waals surface area contributed by atoms with E-state index < -0.39 is 0 Å². The van der Waals surface area contributed by atoms with Crippen LogP contribution in [-0.2, 0) is 6.54 Å². The Kier molecular flexibility index (Phi) is 4.88. The number of nitrogens with zero attached hydrogens (tertiary/aromatic N) is 1. The topological polar surface area (TPSA) is 62.2 Å². The molecule has 2 N–H and O–H groups in total. The minimum absolute atomic E-state index is 0.148. The molecule has 5 heteroatoms. The summed E-state index contributed by atoms with van der Waals surface area (Å²) in [5, 5.41) is 14.3. The lowest BCUT2D eigenvalue weighted by Crippen LogP contribution is -2.23. The standard InChI is InChI=1S/C15H14N2O2S/c1-11-12(5-3-8-18)4-2-6-13(11)15(19)17-10-14-16-7-9-20-14/h2,4,6-7,9,18H,8,10H2,1H3,(H,17,19). The maximum absolute atomic E-state index is 12.2. The predicted molar refractivity (Wildman–Crippen MR) is 78.4 cm³/mol. The third kappa shape index (κ3) is 3.44. The van der Waals surface area contributed by atoms with Gasteiger partial charge in [-0.05, 0) is 24.6 Å². The number of carbonyl (C=O) groups excluding carboxylic acids is 1. The van der Waals surface area contributed by atoms with Crippen LogP contribution in [0.15, 0.2) is 29.8 Å². The molecule has 1 aromatic carbocycles. The summed E-state index contributed by atoms with van der Waals surface area (Å²) in [5.74, 6) is 5.28. The fourth-order valence-corrected chi connectivity index (χ4v) is 2.30. The van der Waals surface area contributed by atoms with Crippen molar-refractivity contribution in [2.24, 2.45) is 0 Å². The molecular weight excluding hydrogens is 272 g/mol. The Morgan fingerprint density at radius 1 is 1.50 bits per heavy atom. The van der Waals surface area contributed by atoms with Gasteiger partial charge in [0.25, 0.3) is 5.91 Å². The molecule has 0 atom stereocenters. The van der Waals surface area contributed by atoms with E-state index in [1.165, 1.54) is 11.3 Å². The molecule has 0 unspecified atom stereocenters. The van der Waals surface area contributed by atoms with Gasteiger partial charge in [0.1, 0.15) is 11.6 Å². The molecule has 2 rings (SSSR count). The fraction of sp³-hybridized carbons (Fsp3) is 0.200. The molecule has 1 amide bonds. The zero-order chi connectivity index (χ0) is 14.4. The molecule has 102 valence electrons. The SMILES string of the molecule is Cc1c(C#CCO)cccc1C(=O)NCc1nccs1. The summed E-state index contributed by atoms with van der Waals surface area (Å²) >= 11 is 1.50. The zero-order valence-electron chi connectivity index (χ0n) is 11.0. The lowest BCUT2D eigenvalue weighted by molar-refractivity contribution is 0.0950. The van der Waals surface area contributed by atoms with Gasteiger partial charge < -0.3 is 10.4 Å². The highest BCUT2D eigenvalue weighted by Crippen LogP contribution is 2.13. The number of hydrogen-bond donors (Lipinski definition) is 2. The first-order valence-electron chi connectivity index (χ1n) is 6.08. The van der Waals surface area contributed by atoms with Crippen molar-refractivity contribution >= 4 is 17.2 Å². The van der Waals surface area contributed by atoms with Gasteiger partial charge >= 0.3 is 0 Å². The van der Waals surface area contributed by atoms with E-state index in [0.717, 1.165) is 16.1 Å². The number of benzene rings is 1. The Balaban J connectivity index is 2.13. The number of hydrogen-bond acceptors (Lipinski definition) is 4. The summed E-state index contributed by atoms with van der Waals surface area (Å²) in [6.45, 7) is 2.07. The van der Waals surface area contributed by atoms with Crippen LogP contribution >= 0.6 is 11.3 Å². The number of carbonyl (C=O) groups is 1. The van der Waals surface area contributed by atoms with Gasteiger partial charge in [-0.1, -0.05) is 17.9 Å². The van der Waals surface area contributed by atoms with Gasteiger partial charge in [0.2, 0.25) is 0 Å². The van der Waals surface area contributed by atoms with Crippen LogP contribution < -0.4 is 5.32 Å². The molecule has 0 spiro atoms. The van der Waals surface area contributed by atoms with Gasteiger partial charge in [-0.25, -0.2) is 4.98 Å². The van der Waals surface area contributed by atoms with Crippen LogP contribution in [0.5, 0.6) is 0 Å². The molecule has 4 nitrogen and oxygen atoms in total. The van der Waals surface area contributed by atoms with Gasteiger partial charge in [-0.15, -0.1) is 11.3 Å². The Morgan fingerprint density at radius 3 is 3.05 bits per heavy atom. The molecule has 0 radical (unpaired) electrons. The molecular formula is C15H14N2O2S. The molecule has 0 saturated carbocycles. The van der Waals surface area contributed by atoms with E-state index in [2.05, 4.69) is 22.1 Å². The number of aliphatic hydroxyl groups is 1. The maximum atomic E-state index is 12.2. The van der Waals surface area contributed by atoms with E-state index in [9.17, 15) is 4.79 Å². The smallest absolute Gasteiger partial charge is 0.251 e. The van der Waals surface area contributed by atoms with Crippen molar-refractivity contribution < 1.29 is 9.90 Å². The largest absolute Gasteiger partial charge is 0.384 e. The van der Waals surface area contributed by atoms with Crippen molar-refractivity contribution in [2.75, 3.05) is 6.61 Å². The minimum atomic E-state index is -0.195. The summed E-state index contributed by atoms with van der Waals surface area (Å²) < 4.78 is 0. The molecule has 0 aliphatic carbocycles. The lowest BCUT2D eigenvalue weighted by Gasteiger charge is -2.08. The van der Waals surface area contributed by atoms with Gasteiger partial charge in [-0.3, -0.25) is 4.79 Å². The third-order valence-corrected chi connectivity index (χ3v) is 3.54. The zero-order valence-corrected chi connectivity index (χ0v) is 11.8. The average molecular weight is 286 g/mol. The quantitative estimate of drug-likeness (QED) is 0.845. The highest BCUT2D eigenvalue weighted by Gasteiger charge is 2.10. The number of nitrogens with one attached hydrogen (secondary N) is 1. The van der Waals surface area contributed by atoms with Crippen LogP contribution in [0.2, 0.25) is 0 Å². The maximum Gasteiger partial charge on any atom is 0.251 e. The predicted octanol–water partition coefficient (Wildman–Crippen LogP) is 1.73. The number of rotatable bonds is 3. The van der Waals surface area contributed by atoms with Crippen molar-refractivity contribution in [3.05, 3.63) is 51.5 Å². The highest BCUT2D eigenvalue weighted by molar-refractivity contribution is 7.09. The number of aliphatic hydroxyl groups excluding tert-OH is 1. The summed E-state index contributed by atoms with van der Waals surface area (Å²) in [5.41, 5.74) is 2.15. The van der Waals surface area contributed by atoms with Gasteiger partial charge in [0.05, 0.1) is 6.54 Å². The Hall–Kier alpha value is -2.16. The fourth-order valence-electron chi connectivity index (χ4n) is 1.74. The van der Waals surface area contributed by atoms with Crippen LogP contribution in [0.3, 0.4) is 0 Å². The first-order valence-corrected chi connectivity index (χ1v) is 6.96. The molecule has 0 bridgehead atoms. The second kappa shape index (κ2) is 6.85. The van der Waals surface area contributed by atoms with Crippen LogP contribution in [0, 0.1) is 18.8 Å². The molecule has 1 heterocycles. The normalized spacial score (nSPS) is 9.70. The van der Waals surface area contributed by atoms with Crippen molar-refractivity contribution in [3.8, 4) is 11.8 Å². The second-order valence-corrected chi connectivity index (χ2v) is 5.03. The third-order valence-electron chi connectivity index (χ3n) is 2.76. The van der Waals surface area contributed by atoms with Crippen LogP contribution in [0.4, 0.5) is 0 Å². The molecule has 0 aliphatic rings. The molecule has 1 aromatic heterocycles. The molecule has 2 aromatic rings. The van der Waals surface area contributed by atoms with E-state index in [1.807, 2.05) is 18.4 Å². The summed E-state index contributed by atoms with van der Waals surface area (Å²) in [7, 11) is 0. The summed E-state index contributed by atoms with van der Waals surface area (Å²) in [4.78, 5) is 16.3. The van der Waals surface area contributed by atoms with E-state index in [4.69, 9.17) is 5.11 Å². The average Bonchev–Trinajstić information content (AvgIpc) is 2.97. The van der Waals surface area contributed by atoms with Gasteiger partial charge in [0, 0.05) is 22.7 Å². The molecule has 20 heavy (non-hydrogen) atoms. The van der Waals surface area contributed by atoms with Crippen molar-refractivity contribution in [2.45, 2.75) is 13.5 Å². The van der Waals surface area contributed by atoms with Gasteiger partial charge in [0.15, 0.2) is 0 Å². The van der Waals surface area contributed by atoms with Crippen LogP contribution in [0.25, 0.3) is 0 Å². The van der Waals surface area contributed by atoms with Gasteiger partial charge in [-0.2, -0.15) is 0 Å². The van der Waals surface area contributed by atoms with Crippen molar-refractivity contribution in [3.63, 3.8) is 0 Å². The lowest BCUT2D eigenvalue weighted by atomic mass is 10.0. The van der Waals surface area contributed by atoms with E-state index in [-0.39, 0.29) is 12.5 Å². The Morgan fingerprint density at radius 2 is 2.35 bits per heavy atom. The minimum Gasteiger partial charge on any atom is -0.384 e. The summed E-state index contributed by atoms with van der Waals surface area (Å²) in [6.07, 6.45) is 1.71. The number of thiazole rings is 1. The monoisotopic (exact) mass is 286 g/mol. The van der Waals surface area contributed by atoms with Crippen molar-refractivity contribution in [1.82, 2.24) is 10.3 Å². The Labute approximate surface area is 121 Å². The second-order valence-electron chi connectivity index (χ2n) is 4.05. The molecule has 0 saturated heterocycles. The van der Waals surface area contributed by atoms with E-state index >= 15 is 0 Å². The van der Waals surface area contributed by atoms with Crippen LogP contribution in [-0.4, -0.2) is 22.6 Å². The van der Waals surface area contributed by atoms with E-state index in [0.29, 0.717) is 12.1 Å². The molecule has 0 fully saturated rings. The molecule has 0 aliphatic heterocycles. The number of aromatic nitrogens is 1. The van der Waals surface area contributed by atoms with Crippen molar-refractivity contribution in [1.29, 1.82) is 0 Å². The first-order chi connectivity index (χ1) is 9.72. The first kappa shape index (κ1) is 14.3. The van der Waals surface area contributed by atoms with E-state index in [1.54, 1.807) is 18.3 Å². The highest BCUT2D eigenvalue weighted by atomic mass is 32.1. The van der Waals surface area contributed by atoms with Crippen LogP contribution in [0.1, 0.15) is 26.5 Å². The summed E-state index contributed by atoms with van der Waals surface area (Å²) in [6, 6.07) is 5.37.